The van der Waals surface area contributed by atoms with E-state index in [1.54, 1.807) is 0 Å². The Hall–Kier alpha value is -2.57. The number of ether oxygens (including phenoxy) is 1. The van der Waals surface area contributed by atoms with Gasteiger partial charge < -0.3 is 10.1 Å². The third-order valence-electron chi connectivity index (χ3n) is 2.29. The number of amides is 1. The van der Waals surface area contributed by atoms with E-state index in [1.807, 2.05) is 0 Å². The number of hydrogen-bond acceptors (Lipinski definition) is 4. The second-order valence-corrected chi connectivity index (χ2v) is 3.74. The van der Waals surface area contributed by atoms with E-state index in [-0.39, 0.29) is 18.2 Å². The molecule has 0 spiro atoms. The lowest BCUT2D eigenvalue weighted by molar-refractivity contribution is 0.102. The summed E-state index contributed by atoms with van der Waals surface area (Å²) in [5.41, 5.74) is 0.512. The summed E-state index contributed by atoms with van der Waals surface area (Å²) < 4.78 is 29.5. The molecule has 104 valence electrons. The van der Waals surface area contributed by atoms with E-state index in [1.165, 1.54) is 36.7 Å². The van der Waals surface area contributed by atoms with E-state index in [4.69, 9.17) is 4.74 Å². The van der Waals surface area contributed by atoms with Crippen LogP contribution < -0.4 is 10.1 Å². The zero-order valence-corrected chi connectivity index (χ0v) is 10.3. The van der Waals surface area contributed by atoms with Gasteiger partial charge in [0, 0.05) is 5.69 Å². The first-order valence-electron chi connectivity index (χ1n) is 5.77. The highest BCUT2D eigenvalue weighted by molar-refractivity contribution is 6.02. The average Bonchev–Trinajstić information content (AvgIpc) is 2.48. The molecule has 0 atom stereocenters. The van der Waals surface area contributed by atoms with Gasteiger partial charge in [0.05, 0.1) is 12.4 Å². The molecule has 0 aliphatic heterocycles. The SMILES string of the molecule is O=C(Nc1ccc(F)cc1)c1cnc(OCCF)cn1. The van der Waals surface area contributed by atoms with E-state index in [0.717, 1.165) is 0 Å². The topological polar surface area (TPSA) is 64.1 Å². The quantitative estimate of drug-likeness (QED) is 0.911. The van der Waals surface area contributed by atoms with Crippen LogP contribution in [0.5, 0.6) is 5.88 Å². The Balaban J connectivity index is 2.00. The number of hydrogen-bond donors (Lipinski definition) is 1. The zero-order chi connectivity index (χ0) is 14.4. The maximum absolute atomic E-state index is 12.7. The molecule has 20 heavy (non-hydrogen) atoms. The summed E-state index contributed by atoms with van der Waals surface area (Å²) in [6, 6.07) is 5.32. The summed E-state index contributed by atoms with van der Waals surface area (Å²) in [6.07, 6.45) is 2.45. The highest BCUT2D eigenvalue weighted by atomic mass is 19.1. The van der Waals surface area contributed by atoms with E-state index < -0.39 is 18.4 Å². The van der Waals surface area contributed by atoms with Crippen LogP contribution in [0.1, 0.15) is 10.5 Å². The number of halogens is 2. The molecule has 0 saturated carbocycles. The third-order valence-corrected chi connectivity index (χ3v) is 2.29. The van der Waals surface area contributed by atoms with Gasteiger partial charge in [-0.2, -0.15) is 0 Å². The molecule has 0 aliphatic rings. The minimum absolute atomic E-state index is 0.0712. The Morgan fingerprint density at radius 1 is 1.20 bits per heavy atom. The lowest BCUT2D eigenvalue weighted by Crippen LogP contribution is -2.14. The molecule has 1 heterocycles. The molecular weight excluding hydrogens is 268 g/mol. The van der Waals surface area contributed by atoms with Crippen LogP contribution in [0, 0.1) is 5.82 Å². The summed E-state index contributed by atoms with van der Waals surface area (Å²) in [7, 11) is 0. The van der Waals surface area contributed by atoms with Gasteiger partial charge >= 0.3 is 0 Å². The van der Waals surface area contributed by atoms with Crippen molar-refractivity contribution in [2.45, 2.75) is 0 Å². The lowest BCUT2D eigenvalue weighted by Gasteiger charge is -2.05. The first-order chi connectivity index (χ1) is 9.69. The number of carbonyl (C=O) groups is 1. The molecule has 1 aromatic heterocycles. The second-order valence-electron chi connectivity index (χ2n) is 3.74. The number of alkyl halides is 1. The third kappa shape index (κ3) is 3.71. The van der Waals surface area contributed by atoms with Crippen molar-refractivity contribution >= 4 is 11.6 Å². The Bertz CT molecular complexity index is 573. The molecule has 5 nitrogen and oxygen atoms in total. The highest BCUT2D eigenvalue weighted by Crippen LogP contribution is 2.10. The summed E-state index contributed by atoms with van der Waals surface area (Å²) in [6.45, 7) is -0.746. The van der Waals surface area contributed by atoms with Crippen LogP contribution >= 0.6 is 0 Å². The van der Waals surface area contributed by atoms with Gasteiger partial charge in [-0.25, -0.2) is 18.7 Å². The highest BCUT2D eigenvalue weighted by Gasteiger charge is 2.09. The van der Waals surface area contributed by atoms with Gasteiger partial charge in [0.1, 0.15) is 24.8 Å². The van der Waals surface area contributed by atoms with Crippen LogP contribution in [0.2, 0.25) is 0 Å². The average molecular weight is 279 g/mol. The predicted molar refractivity (Wildman–Crippen MR) is 67.9 cm³/mol. The van der Waals surface area contributed by atoms with Crippen molar-refractivity contribution in [3.8, 4) is 5.88 Å². The number of carbonyl (C=O) groups excluding carboxylic acids is 1. The van der Waals surface area contributed by atoms with E-state index >= 15 is 0 Å². The molecule has 0 radical (unpaired) electrons. The van der Waals surface area contributed by atoms with Gasteiger partial charge in [0.15, 0.2) is 0 Å². The monoisotopic (exact) mass is 279 g/mol. The Labute approximate surface area is 113 Å². The van der Waals surface area contributed by atoms with Gasteiger partial charge in [-0.15, -0.1) is 0 Å². The molecule has 2 aromatic rings. The molecule has 0 aliphatic carbocycles. The molecule has 0 bridgehead atoms. The minimum atomic E-state index is -0.630. The largest absolute Gasteiger partial charge is 0.474 e. The summed E-state index contributed by atoms with van der Waals surface area (Å²) in [5.74, 6) is -0.737. The fraction of sp³-hybridized carbons (Fsp3) is 0.154. The maximum Gasteiger partial charge on any atom is 0.275 e. The standard InChI is InChI=1S/C13H11F2N3O2/c14-5-6-20-12-8-16-11(7-17-12)13(19)18-10-3-1-9(15)2-4-10/h1-4,7-8H,5-6H2,(H,18,19). The molecule has 0 unspecified atom stereocenters. The summed E-state index contributed by atoms with van der Waals surface area (Å²) in [4.78, 5) is 19.5. The number of aromatic nitrogens is 2. The molecule has 0 fully saturated rings. The fourth-order valence-electron chi connectivity index (χ4n) is 1.38. The van der Waals surface area contributed by atoms with Gasteiger partial charge in [0.2, 0.25) is 5.88 Å². The van der Waals surface area contributed by atoms with Crippen LogP contribution in [-0.2, 0) is 0 Å². The Morgan fingerprint density at radius 3 is 2.55 bits per heavy atom. The van der Waals surface area contributed by atoms with Crippen molar-refractivity contribution in [2.24, 2.45) is 0 Å². The maximum atomic E-state index is 12.7. The van der Waals surface area contributed by atoms with Crippen molar-refractivity contribution in [2.75, 3.05) is 18.6 Å². The lowest BCUT2D eigenvalue weighted by atomic mass is 10.3. The molecule has 0 saturated heterocycles. The zero-order valence-electron chi connectivity index (χ0n) is 10.3. The minimum Gasteiger partial charge on any atom is -0.474 e. The Morgan fingerprint density at radius 2 is 1.95 bits per heavy atom. The van der Waals surface area contributed by atoms with Crippen LogP contribution in [0.25, 0.3) is 0 Å². The number of nitrogens with one attached hydrogen (secondary N) is 1. The second kappa shape index (κ2) is 6.55. The number of benzene rings is 1. The number of anilines is 1. The number of rotatable bonds is 5. The van der Waals surface area contributed by atoms with Crippen LogP contribution in [0.4, 0.5) is 14.5 Å². The summed E-state index contributed by atoms with van der Waals surface area (Å²) >= 11 is 0. The van der Waals surface area contributed by atoms with Gasteiger partial charge in [-0.1, -0.05) is 0 Å². The van der Waals surface area contributed by atoms with E-state index in [2.05, 4.69) is 15.3 Å². The van der Waals surface area contributed by atoms with E-state index in [0.29, 0.717) is 5.69 Å². The molecule has 2 rings (SSSR count). The normalized spacial score (nSPS) is 10.1. The van der Waals surface area contributed by atoms with Crippen LogP contribution in [-0.4, -0.2) is 29.2 Å². The van der Waals surface area contributed by atoms with Crippen molar-refractivity contribution in [3.63, 3.8) is 0 Å². The first kappa shape index (κ1) is 13.9. The molecular formula is C13H11F2N3O2. The van der Waals surface area contributed by atoms with Crippen molar-refractivity contribution in [1.82, 2.24) is 9.97 Å². The van der Waals surface area contributed by atoms with Crippen LogP contribution in [0.15, 0.2) is 36.7 Å². The Kier molecular flexibility index (Phi) is 4.54. The molecule has 1 amide bonds. The first-order valence-corrected chi connectivity index (χ1v) is 5.77. The fourth-order valence-corrected chi connectivity index (χ4v) is 1.38. The smallest absolute Gasteiger partial charge is 0.275 e. The molecule has 1 N–H and O–H groups in total. The van der Waals surface area contributed by atoms with Crippen molar-refractivity contribution in [1.29, 1.82) is 0 Å². The van der Waals surface area contributed by atoms with Crippen LogP contribution in [0.3, 0.4) is 0 Å². The van der Waals surface area contributed by atoms with Crippen molar-refractivity contribution in [3.05, 3.63) is 48.2 Å². The van der Waals surface area contributed by atoms with E-state index in [9.17, 15) is 13.6 Å². The number of nitrogens with zero attached hydrogens (tertiary/aromatic N) is 2. The van der Waals surface area contributed by atoms with Gasteiger partial charge in [-0.05, 0) is 24.3 Å². The summed E-state index contributed by atoms with van der Waals surface area (Å²) in [5, 5.41) is 2.54. The predicted octanol–water partition coefficient (Wildman–Crippen LogP) is 2.22. The van der Waals surface area contributed by atoms with Gasteiger partial charge in [0.25, 0.3) is 5.91 Å². The molecule has 1 aromatic carbocycles. The van der Waals surface area contributed by atoms with Gasteiger partial charge in [-0.3, -0.25) is 4.79 Å². The van der Waals surface area contributed by atoms with Crippen molar-refractivity contribution < 1.29 is 18.3 Å². The molecule has 7 heteroatoms.